The van der Waals surface area contributed by atoms with Crippen LogP contribution in [-0.2, 0) is 6.42 Å². The van der Waals surface area contributed by atoms with Gasteiger partial charge in [0.05, 0.1) is 4.88 Å². The summed E-state index contributed by atoms with van der Waals surface area (Å²) in [5.41, 5.74) is 2.94. The van der Waals surface area contributed by atoms with E-state index in [1.165, 1.54) is 17.4 Å². The van der Waals surface area contributed by atoms with Crippen LogP contribution in [-0.4, -0.2) is 18.9 Å². The topological polar surface area (TPSA) is 20.3 Å². The number of carbonyl (C=O) groups is 1. The SMILES string of the molecule is C=CCN1CCc2cc(C(=O)C#CC)sc2-c2ccc(F)cc21. The Labute approximate surface area is 139 Å². The summed E-state index contributed by atoms with van der Waals surface area (Å²) in [6.07, 6.45) is 2.63. The van der Waals surface area contributed by atoms with Crippen LogP contribution in [0.1, 0.15) is 22.2 Å². The van der Waals surface area contributed by atoms with Gasteiger partial charge >= 0.3 is 0 Å². The van der Waals surface area contributed by atoms with Crippen molar-refractivity contribution in [3.8, 4) is 22.3 Å². The number of thiophene rings is 1. The summed E-state index contributed by atoms with van der Waals surface area (Å²) < 4.78 is 13.7. The van der Waals surface area contributed by atoms with Gasteiger partial charge in [-0.3, -0.25) is 4.79 Å². The van der Waals surface area contributed by atoms with Crippen LogP contribution in [0.25, 0.3) is 10.4 Å². The van der Waals surface area contributed by atoms with Gasteiger partial charge in [-0.2, -0.15) is 0 Å². The number of hydrogen-bond acceptors (Lipinski definition) is 3. The normalized spacial score (nSPS) is 12.5. The number of fused-ring (bicyclic) bond motifs is 3. The highest BCUT2D eigenvalue weighted by atomic mass is 32.1. The highest BCUT2D eigenvalue weighted by Gasteiger charge is 2.23. The Kier molecular flexibility index (Phi) is 4.31. The Bertz CT molecular complexity index is 841. The minimum Gasteiger partial charge on any atom is -0.367 e. The van der Waals surface area contributed by atoms with E-state index in [2.05, 4.69) is 23.3 Å². The van der Waals surface area contributed by atoms with Gasteiger partial charge < -0.3 is 4.90 Å². The lowest BCUT2D eigenvalue weighted by Gasteiger charge is -2.23. The molecule has 0 unspecified atom stereocenters. The number of benzene rings is 1. The number of hydrogen-bond donors (Lipinski definition) is 0. The second kappa shape index (κ2) is 6.39. The van der Waals surface area contributed by atoms with Crippen LogP contribution in [0, 0.1) is 17.7 Å². The fraction of sp³-hybridized carbons (Fsp3) is 0.211. The summed E-state index contributed by atoms with van der Waals surface area (Å²) in [4.78, 5) is 15.8. The minimum atomic E-state index is -0.258. The van der Waals surface area contributed by atoms with Gasteiger partial charge in [0.25, 0.3) is 0 Å². The molecule has 0 spiro atoms. The Morgan fingerprint density at radius 2 is 2.30 bits per heavy atom. The van der Waals surface area contributed by atoms with Gasteiger partial charge in [0, 0.05) is 29.2 Å². The van der Waals surface area contributed by atoms with Crippen LogP contribution in [0.15, 0.2) is 36.9 Å². The molecule has 2 heterocycles. The van der Waals surface area contributed by atoms with Crippen LogP contribution in [0.5, 0.6) is 0 Å². The molecule has 116 valence electrons. The van der Waals surface area contributed by atoms with E-state index in [1.54, 1.807) is 19.1 Å². The molecule has 1 aromatic carbocycles. The molecule has 3 rings (SSSR count). The summed E-state index contributed by atoms with van der Waals surface area (Å²) in [5.74, 6) is 4.82. The maximum atomic E-state index is 13.7. The minimum absolute atomic E-state index is 0.155. The first-order valence-electron chi connectivity index (χ1n) is 7.39. The Morgan fingerprint density at radius 1 is 1.48 bits per heavy atom. The van der Waals surface area contributed by atoms with Crippen molar-refractivity contribution in [3.63, 3.8) is 0 Å². The third-order valence-corrected chi connectivity index (χ3v) is 5.03. The van der Waals surface area contributed by atoms with E-state index in [0.717, 1.165) is 34.7 Å². The van der Waals surface area contributed by atoms with Gasteiger partial charge in [-0.25, -0.2) is 4.39 Å². The van der Waals surface area contributed by atoms with E-state index in [0.29, 0.717) is 11.4 Å². The number of nitrogens with zero attached hydrogens (tertiary/aromatic N) is 1. The molecule has 0 saturated heterocycles. The maximum Gasteiger partial charge on any atom is 0.245 e. The standard InChI is InChI=1S/C19H16FNOS/c1-3-5-17(22)18-11-13-8-10-21(9-4-2)16-12-14(20)6-7-15(16)19(13)23-18/h4,6-7,11-12H,2,8-10H2,1H3. The Morgan fingerprint density at radius 3 is 3.04 bits per heavy atom. The van der Waals surface area contributed by atoms with Crippen molar-refractivity contribution < 1.29 is 9.18 Å². The molecule has 0 bridgehead atoms. The first kappa shape index (κ1) is 15.5. The molecule has 2 nitrogen and oxygen atoms in total. The maximum absolute atomic E-state index is 13.7. The van der Waals surface area contributed by atoms with Gasteiger partial charge in [-0.05, 0) is 49.1 Å². The van der Waals surface area contributed by atoms with Crippen molar-refractivity contribution in [3.05, 3.63) is 53.2 Å². The Hall–Kier alpha value is -2.38. The van der Waals surface area contributed by atoms with Crippen molar-refractivity contribution in [2.24, 2.45) is 0 Å². The van der Waals surface area contributed by atoms with E-state index < -0.39 is 0 Å². The number of carbonyl (C=O) groups excluding carboxylic acids is 1. The molecule has 0 atom stereocenters. The van der Waals surface area contributed by atoms with E-state index in [-0.39, 0.29) is 11.6 Å². The van der Waals surface area contributed by atoms with Crippen molar-refractivity contribution in [2.45, 2.75) is 13.3 Å². The van der Waals surface area contributed by atoms with Crippen LogP contribution < -0.4 is 4.90 Å². The summed E-state index contributed by atoms with van der Waals surface area (Å²) in [7, 11) is 0. The largest absolute Gasteiger partial charge is 0.367 e. The van der Waals surface area contributed by atoms with Crippen LogP contribution >= 0.6 is 11.3 Å². The van der Waals surface area contributed by atoms with E-state index in [9.17, 15) is 9.18 Å². The lowest BCUT2D eigenvalue weighted by molar-refractivity contribution is 0.106. The molecule has 0 aliphatic carbocycles. The fourth-order valence-electron chi connectivity index (χ4n) is 2.81. The zero-order chi connectivity index (χ0) is 16.4. The van der Waals surface area contributed by atoms with Gasteiger partial charge in [0.15, 0.2) is 0 Å². The smallest absolute Gasteiger partial charge is 0.245 e. The third kappa shape index (κ3) is 2.93. The fourth-order valence-corrected chi connectivity index (χ4v) is 3.95. The van der Waals surface area contributed by atoms with Crippen molar-refractivity contribution in [1.29, 1.82) is 0 Å². The molecule has 0 saturated carbocycles. The van der Waals surface area contributed by atoms with Crippen LogP contribution in [0.3, 0.4) is 0 Å². The van der Waals surface area contributed by atoms with E-state index in [1.807, 2.05) is 12.1 Å². The summed E-state index contributed by atoms with van der Waals surface area (Å²) in [6, 6.07) is 6.74. The second-order valence-electron chi connectivity index (χ2n) is 5.32. The lowest BCUT2D eigenvalue weighted by Crippen LogP contribution is -2.25. The quantitative estimate of drug-likeness (QED) is 0.363. The van der Waals surface area contributed by atoms with Crippen LogP contribution in [0.2, 0.25) is 0 Å². The monoisotopic (exact) mass is 325 g/mol. The zero-order valence-electron chi connectivity index (χ0n) is 12.9. The molecule has 1 aliphatic heterocycles. The molecule has 1 aromatic heterocycles. The molecule has 0 N–H and O–H groups in total. The summed E-state index contributed by atoms with van der Waals surface area (Å²) >= 11 is 1.44. The molecule has 2 aromatic rings. The zero-order valence-corrected chi connectivity index (χ0v) is 13.7. The van der Waals surface area contributed by atoms with Crippen LogP contribution in [0.4, 0.5) is 10.1 Å². The molecule has 23 heavy (non-hydrogen) atoms. The van der Waals surface area contributed by atoms with E-state index in [4.69, 9.17) is 0 Å². The summed E-state index contributed by atoms with van der Waals surface area (Å²) in [6.45, 7) is 6.87. The molecule has 0 radical (unpaired) electrons. The second-order valence-corrected chi connectivity index (χ2v) is 6.37. The number of rotatable bonds is 3. The van der Waals surface area contributed by atoms with Gasteiger partial charge in [-0.15, -0.1) is 17.9 Å². The van der Waals surface area contributed by atoms with E-state index >= 15 is 0 Å². The Balaban J connectivity index is 2.14. The summed E-state index contributed by atoms with van der Waals surface area (Å²) in [5, 5.41) is 0. The third-order valence-electron chi connectivity index (χ3n) is 3.82. The number of Topliss-reactive ketones (excluding diaryl/α,β-unsaturated/α-hetero) is 1. The first-order chi connectivity index (χ1) is 11.1. The number of halogens is 1. The molecular weight excluding hydrogens is 309 g/mol. The van der Waals surface area contributed by atoms with Gasteiger partial charge in [0.2, 0.25) is 5.78 Å². The molecule has 4 heteroatoms. The molecule has 0 fully saturated rings. The van der Waals surface area contributed by atoms with Crippen molar-refractivity contribution in [2.75, 3.05) is 18.0 Å². The number of anilines is 1. The molecular formula is C19H16FNOS. The highest BCUT2D eigenvalue weighted by molar-refractivity contribution is 7.17. The van der Waals surface area contributed by atoms with Gasteiger partial charge in [0.1, 0.15) is 5.82 Å². The molecule has 1 aliphatic rings. The lowest BCUT2D eigenvalue weighted by atomic mass is 10.1. The first-order valence-corrected chi connectivity index (χ1v) is 8.21. The highest BCUT2D eigenvalue weighted by Crippen LogP contribution is 2.41. The predicted molar refractivity (Wildman–Crippen MR) is 93.6 cm³/mol. The molecule has 0 amide bonds. The van der Waals surface area contributed by atoms with Gasteiger partial charge in [-0.1, -0.05) is 12.0 Å². The average molecular weight is 325 g/mol. The average Bonchev–Trinajstić information content (AvgIpc) is 2.90. The van der Waals surface area contributed by atoms with Crippen molar-refractivity contribution in [1.82, 2.24) is 0 Å². The predicted octanol–water partition coefficient (Wildman–Crippen LogP) is 4.31. The number of ketones is 1. The van der Waals surface area contributed by atoms with Crippen molar-refractivity contribution >= 4 is 22.8 Å².